The highest BCUT2D eigenvalue weighted by Crippen LogP contribution is 2.30. The van der Waals surface area contributed by atoms with Gasteiger partial charge in [-0.05, 0) is 49.3 Å². The Hall–Kier alpha value is -1.09. The van der Waals surface area contributed by atoms with E-state index < -0.39 is 0 Å². The van der Waals surface area contributed by atoms with Crippen molar-refractivity contribution in [1.82, 2.24) is 5.32 Å². The molecule has 21 heavy (non-hydrogen) atoms. The Morgan fingerprint density at radius 3 is 2.48 bits per heavy atom. The molecule has 2 rings (SSSR count). The molecule has 0 heterocycles. The van der Waals surface area contributed by atoms with Crippen molar-refractivity contribution in [2.75, 3.05) is 11.9 Å². The fraction of sp³-hybridized carbons (Fsp3) is 0.667. The maximum Gasteiger partial charge on any atom is 0.146 e. The van der Waals surface area contributed by atoms with Crippen molar-refractivity contribution in [2.45, 2.75) is 65.1 Å². The first-order valence-electron chi connectivity index (χ1n) is 8.22. The molecule has 0 bridgehead atoms. The fourth-order valence-corrected chi connectivity index (χ4v) is 3.09. The van der Waals surface area contributed by atoms with Crippen LogP contribution in [0.15, 0.2) is 18.2 Å². The molecular formula is C18H29FN2. The first kappa shape index (κ1) is 16.3. The first-order chi connectivity index (χ1) is 9.97. The van der Waals surface area contributed by atoms with Crippen molar-refractivity contribution in [3.8, 4) is 0 Å². The smallest absolute Gasteiger partial charge is 0.146 e. The molecular weight excluding hydrogens is 263 g/mol. The molecule has 0 atom stereocenters. The highest BCUT2D eigenvalue weighted by atomic mass is 19.1. The molecule has 1 aromatic rings. The van der Waals surface area contributed by atoms with Gasteiger partial charge in [-0.3, -0.25) is 0 Å². The minimum atomic E-state index is -0.0980. The summed E-state index contributed by atoms with van der Waals surface area (Å²) in [7, 11) is 2.03. The van der Waals surface area contributed by atoms with E-state index in [2.05, 4.69) is 31.0 Å². The van der Waals surface area contributed by atoms with Gasteiger partial charge in [-0.2, -0.15) is 0 Å². The molecule has 1 N–H and O–H groups in total. The number of benzene rings is 1. The molecule has 0 amide bonds. The van der Waals surface area contributed by atoms with Crippen LogP contribution in [0.5, 0.6) is 0 Å². The lowest BCUT2D eigenvalue weighted by Gasteiger charge is -2.35. The summed E-state index contributed by atoms with van der Waals surface area (Å²) in [5.41, 5.74) is 1.75. The standard InChI is InChI=1S/C18H29FN2/c1-13(2)20-12-15-7-10-18(17(19)11-15)21(4)16-8-5-14(3)6-9-16/h7,10-11,13-14,16,20H,5-6,8-9,12H2,1-4H3. The second-order valence-corrected chi connectivity index (χ2v) is 6.85. The van der Waals surface area contributed by atoms with Crippen LogP contribution in [0.4, 0.5) is 10.1 Å². The lowest BCUT2D eigenvalue weighted by molar-refractivity contribution is 0.339. The van der Waals surface area contributed by atoms with Gasteiger partial charge in [-0.25, -0.2) is 4.39 Å². The van der Waals surface area contributed by atoms with Gasteiger partial charge in [0, 0.05) is 25.7 Å². The summed E-state index contributed by atoms with van der Waals surface area (Å²) in [4.78, 5) is 2.14. The van der Waals surface area contributed by atoms with Crippen molar-refractivity contribution in [2.24, 2.45) is 5.92 Å². The Bertz CT molecular complexity index is 451. The maximum absolute atomic E-state index is 14.4. The van der Waals surface area contributed by atoms with Crippen LogP contribution in [0.25, 0.3) is 0 Å². The summed E-state index contributed by atoms with van der Waals surface area (Å²) in [6.45, 7) is 7.23. The largest absolute Gasteiger partial charge is 0.369 e. The second-order valence-electron chi connectivity index (χ2n) is 6.85. The van der Waals surface area contributed by atoms with E-state index >= 15 is 0 Å². The van der Waals surface area contributed by atoms with Gasteiger partial charge >= 0.3 is 0 Å². The molecule has 2 nitrogen and oxygen atoms in total. The van der Waals surface area contributed by atoms with Crippen LogP contribution < -0.4 is 10.2 Å². The lowest BCUT2D eigenvalue weighted by atomic mass is 9.86. The number of hydrogen-bond acceptors (Lipinski definition) is 2. The van der Waals surface area contributed by atoms with Gasteiger partial charge in [0.15, 0.2) is 0 Å². The summed E-state index contributed by atoms with van der Waals surface area (Å²) >= 11 is 0. The third-order valence-electron chi connectivity index (χ3n) is 4.64. The minimum Gasteiger partial charge on any atom is -0.369 e. The Kier molecular flexibility index (Phi) is 5.63. The quantitative estimate of drug-likeness (QED) is 0.868. The maximum atomic E-state index is 14.4. The Balaban J connectivity index is 2.02. The topological polar surface area (TPSA) is 15.3 Å². The zero-order valence-corrected chi connectivity index (χ0v) is 13.8. The molecule has 0 aliphatic heterocycles. The Morgan fingerprint density at radius 2 is 1.90 bits per heavy atom. The number of rotatable bonds is 5. The summed E-state index contributed by atoms with van der Waals surface area (Å²) in [5.74, 6) is 0.725. The van der Waals surface area contributed by atoms with Crippen LogP contribution >= 0.6 is 0 Å². The van der Waals surface area contributed by atoms with Gasteiger partial charge < -0.3 is 10.2 Å². The second kappa shape index (κ2) is 7.26. The number of anilines is 1. The molecule has 0 aromatic heterocycles. The van der Waals surface area contributed by atoms with Crippen LogP contribution in [0.1, 0.15) is 52.0 Å². The van der Waals surface area contributed by atoms with E-state index in [1.165, 1.54) is 25.7 Å². The third kappa shape index (κ3) is 4.44. The molecule has 0 unspecified atom stereocenters. The number of nitrogens with zero attached hydrogens (tertiary/aromatic N) is 1. The predicted molar refractivity (Wildman–Crippen MR) is 88.2 cm³/mol. The van der Waals surface area contributed by atoms with E-state index in [-0.39, 0.29) is 5.82 Å². The molecule has 118 valence electrons. The van der Waals surface area contributed by atoms with Crippen molar-refractivity contribution in [1.29, 1.82) is 0 Å². The first-order valence-corrected chi connectivity index (χ1v) is 8.22. The lowest BCUT2D eigenvalue weighted by Crippen LogP contribution is -2.35. The van der Waals surface area contributed by atoms with Crippen molar-refractivity contribution in [3.05, 3.63) is 29.6 Å². The van der Waals surface area contributed by atoms with E-state index in [4.69, 9.17) is 0 Å². The van der Waals surface area contributed by atoms with Crippen LogP contribution in [-0.2, 0) is 6.54 Å². The molecule has 1 aromatic carbocycles. The molecule has 1 saturated carbocycles. The zero-order chi connectivity index (χ0) is 15.4. The molecule has 0 saturated heterocycles. The van der Waals surface area contributed by atoms with Crippen LogP contribution in [0, 0.1) is 11.7 Å². The monoisotopic (exact) mass is 292 g/mol. The van der Waals surface area contributed by atoms with Gasteiger partial charge in [0.2, 0.25) is 0 Å². The summed E-state index contributed by atoms with van der Waals surface area (Å²) in [6.07, 6.45) is 4.86. The normalized spacial score (nSPS) is 22.6. The predicted octanol–water partition coefficient (Wildman–Crippen LogP) is 4.34. The molecule has 0 spiro atoms. The van der Waals surface area contributed by atoms with Gasteiger partial charge in [0.05, 0.1) is 5.69 Å². The van der Waals surface area contributed by atoms with Crippen molar-refractivity contribution in [3.63, 3.8) is 0 Å². The minimum absolute atomic E-state index is 0.0980. The average molecular weight is 292 g/mol. The third-order valence-corrected chi connectivity index (χ3v) is 4.64. The number of hydrogen-bond donors (Lipinski definition) is 1. The zero-order valence-electron chi connectivity index (χ0n) is 13.8. The van der Waals surface area contributed by atoms with Gasteiger partial charge in [0.25, 0.3) is 0 Å². The van der Waals surface area contributed by atoms with E-state index in [0.717, 1.165) is 23.7 Å². The summed E-state index contributed by atoms with van der Waals surface area (Å²) in [6, 6.07) is 6.54. The van der Waals surface area contributed by atoms with Gasteiger partial charge in [-0.1, -0.05) is 26.8 Å². The molecule has 1 aliphatic carbocycles. The van der Waals surface area contributed by atoms with E-state index in [1.807, 2.05) is 19.2 Å². The molecule has 0 radical (unpaired) electrons. The molecule has 1 aliphatic rings. The number of halogens is 1. The van der Waals surface area contributed by atoms with Crippen LogP contribution in [0.3, 0.4) is 0 Å². The van der Waals surface area contributed by atoms with Crippen LogP contribution in [0.2, 0.25) is 0 Å². The SMILES string of the molecule is CC1CCC(N(C)c2ccc(CNC(C)C)cc2F)CC1. The fourth-order valence-electron chi connectivity index (χ4n) is 3.09. The van der Waals surface area contributed by atoms with Gasteiger partial charge in [-0.15, -0.1) is 0 Å². The van der Waals surface area contributed by atoms with E-state index in [9.17, 15) is 4.39 Å². The summed E-state index contributed by atoms with van der Waals surface area (Å²) < 4.78 is 14.4. The summed E-state index contributed by atoms with van der Waals surface area (Å²) in [5, 5.41) is 3.33. The highest BCUT2D eigenvalue weighted by molar-refractivity contribution is 5.49. The van der Waals surface area contributed by atoms with Crippen molar-refractivity contribution >= 4 is 5.69 Å². The van der Waals surface area contributed by atoms with Crippen molar-refractivity contribution < 1.29 is 4.39 Å². The van der Waals surface area contributed by atoms with Crippen LogP contribution in [-0.4, -0.2) is 19.1 Å². The average Bonchev–Trinajstić information content (AvgIpc) is 2.45. The highest BCUT2D eigenvalue weighted by Gasteiger charge is 2.23. The molecule has 1 fully saturated rings. The molecule has 3 heteroatoms. The Labute approximate surface area is 128 Å². The van der Waals surface area contributed by atoms with Gasteiger partial charge in [0.1, 0.15) is 5.82 Å². The number of nitrogens with one attached hydrogen (secondary N) is 1. The van der Waals surface area contributed by atoms with E-state index in [0.29, 0.717) is 12.1 Å². The van der Waals surface area contributed by atoms with E-state index in [1.54, 1.807) is 6.07 Å². The Morgan fingerprint density at radius 1 is 1.24 bits per heavy atom.